The first-order valence-electron chi connectivity index (χ1n) is 6.45. The Kier molecular flexibility index (Phi) is 3.23. The number of para-hydroxylation sites is 1. The minimum atomic E-state index is -0.991. The number of aromatic nitrogens is 3. The number of aryl methyl sites for hydroxylation is 1. The normalized spacial score (nSPS) is 10.5. The molecule has 0 bridgehead atoms. The van der Waals surface area contributed by atoms with Crippen molar-refractivity contribution in [2.24, 2.45) is 0 Å². The lowest BCUT2D eigenvalue weighted by Gasteiger charge is -2.12. The van der Waals surface area contributed by atoms with E-state index in [9.17, 15) is 9.90 Å². The van der Waals surface area contributed by atoms with E-state index in [1.807, 2.05) is 37.3 Å². The minimum absolute atomic E-state index is 0.193. The summed E-state index contributed by atoms with van der Waals surface area (Å²) in [7, 11) is 0. The van der Waals surface area contributed by atoms with Gasteiger partial charge in [0.25, 0.3) is 0 Å². The third-order valence-corrected chi connectivity index (χ3v) is 3.28. The van der Waals surface area contributed by atoms with Crippen LogP contribution in [0.1, 0.15) is 15.9 Å². The van der Waals surface area contributed by atoms with E-state index >= 15 is 0 Å². The molecular weight excluding hydrogens is 266 g/mol. The van der Waals surface area contributed by atoms with E-state index in [1.54, 1.807) is 12.1 Å². The van der Waals surface area contributed by atoms with Gasteiger partial charge in [-0.05, 0) is 18.6 Å². The quantitative estimate of drug-likeness (QED) is 0.800. The topological polar surface area (TPSA) is 68.0 Å². The van der Waals surface area contributed by atoms with Crippen molar-refractivity contribution in [3.8, 4) is 16.8 Å². The lowest BCUT2D eigenvalue weighted by molar-refractivity contribution is 0.0697. The largest absolute Gasteiger partial charge is 0.478 e. The third-order valence-electron chi connectivity index (χ3n) is 3.28. The van der Waals surface area contributed by atoms with Gasteiger partial charge in [-0.15, -0.1) is 0 Å². The molecule has 0 aliphatic rings. The van der Waals surface area contributed by atoms with Gasteiger partial charge in [0.2, 0.25) is 0 Å². The van der Waals surface area contributed by atoms with Crippen molar-refractivity contribution in [3.05, 3.63) is 66.2 Å². The van der Waals surface area contributed by atoms with Gasteiger partial charge >= 0.3 is 5.97 Å². The molecule has 1 heterocycles. The van der Waals surface area contributed by atoms with E-state index in [-0.39, 0.29) is 5.56 Å². The molecule has 0 unspecified atom stereocenters. The second-order valence-electron chi connectivity index (χ2n) is 4.71. The fourth-order valence-corrected chi connectivity index (χ4v) is 2.25. The average Bonchev–Trinajstić information content (AvgIpc) is 3.01. The van der Waals surface area contributed by atoms with Crippen molar-refractivity contribution in [2.45, 2.75) is 6.92 Å². The van der Waals surface area contributed by atoms with Crippen LogP contribution in [-0.4, -0.2) is 25.8 Å². The van der Waals surface area contributed by atoms with Gasteiger partial charge in [-0.25, -0.2) is 14.5 Å². The molecule has 0 fully saturated rings. The van der Waals surface area contributed by atoms with Crippen LogP contribution in [0.5, 0.6) is 0 Å². The fourth-order valence-electron chi connectivity index (χ4n) is 2.25. The summed E-state index contributed by atoms with van der Waals surface area (Å²) in [4.78, 5) is 15.4. The molecule has 0 saturated carbocycles. The first-order valence-corrected chi connectivity index (χ1v) is 6.45. The van der Waals surface area contributed by atoms with Crippen LogP contribution < -0.4 is 0 Å². The highest BCUT2D eigenvalue weighted by Gasteiger charge is 2.17. The first-order chi connectivity index (χ1) is 10.2. The second kappa shape index (κ2) is 5.20. The van der Waals surface area contributed by atoms with E-state index in [0.717, 1.165) is 16.7 Å². The molecule has 3 aromatic rings. The highest BCUT2D eigenvalue weighted by molar-refractivity contribution is 5.95. The van der Waals surface area contributed by atoms with Crippen LogP contribution in [0.2, 0.25) is 0 Å². The summed E-state index contributed by atoms with van der Waals surface area (Å²) in [5.41, 5.74) is 3.61. The molecule has 0 amide bonds. The summed E-state index contributed by atoms with van der Waals surface area (Å²) in [6, 6.07) is 13.1. The Labute approximate surface area is 121 Å². The molecule has 0 aliphatic heterocycles. The number of carboxylic acid groups (broad SMARTS) is 1. The number of benzene rings is 2. The number of carbonyl (C=O) groups is 1. The van der Waals surface area contributed by atoms with E-state index in [0.29, 0.717) is 5.69 Å². The zero-order valence-corrected chi connectivity index (χ0v) is 11.4. The Morgan fingerprint density at radius 1 is 1.14 bits per heavy atom. The maximum Gasteiger partial charge on any atom is 0.337 e. The van der Waals surface area contributed by atoms with E-state index in [2.05, 4.69) is 10.1 Å². The van der Waals surface area contributed by atoms with Gasteiger partial charge < -0.3 is 5.11 Å². The molecule has 0 spiro atoms. The Hall–Kier alpha value is -2.95. The number of aromatic carboxylic acids is 1. The Morgan fingerprint density at radius 2 is 1.90 bits per heavy atom. The van der Waals surface area contributed by atoms with Gasteiger partial charge in [0, 0.05) is 5.56 Å². The molecular formula is C16H13N3O2. The molecule has 1 N–H and O–H groups in total. The monoisotopic (exact) mass is 279 g/mol. The fraction of sp³-hybridized carbons (Fsp3) is 0.0625. The highest BCUT2D eigenvalue weighted by Crippen LogP contribution is 2.29. The lowest BCUT2D eigenvalue weighted by atomic mass is 9.99. The van der Waals surface area contributed by atoms with Gasteiger partial charge in [-0.3, -0.25) is 0 Å². The average molecular weight is 279 g/mol. The zero-order chi connectivity index (χ0) is 14.8. The number of hydrogen-bond donors (Lipinski definition) is 1. The van der Waals surface area contributed by atoms with Crippen molar-refractivity contribution in [1.82, 2.24) is 14.8 Å². The molecule has 5 heteroatoms. The van der Waals surface area contributed by atoms with E-state index in [1.165, 1.54) is 17.3 Å². The smallest absolute Gasteiger partial charge is 0.337 e. The third kappa shape index (κ3) is 2.41. The van der Waals surface area contributed by atoms with Crippen LogP contribution in [0.4, 0.5) is 0 Å². The van der Waals surface area contributed by atoms with Crippen LogP contribution in [0.15, 0.2) is 55.1 Å². The molecule has 0 aliphatic carbocycles. The van der Waals surface area contributed by atoms with E-state index < -0.39 is 5.97 Å². The van der Waals surface area contributed by atoms with Crippen molar-refractivity contribution in [3.63, 3.8) is 0 Å². The molecule has 104 valence electrons. The predicted molar refractivity (Wildman–Crippen MR) is 78.5 cm³/mol. The molecule has 0 radical (unpaired) electrons. The van der Waals surface area contributed by atoms with Gasteiger partial charge in [0.1, 0.15) is 12.7 Å². The molecule has 2 aromatic carbocycles. The molecule has 3 rings (SSSR count). The molecule has 0 saturated heterocycles. The number of nitrogens with zero attached hydrogens (tertiary/aromatic N) is 3. The van der Waals surface area contributed by atoms with Crippen molar-refractivity contribution in [2.75, 3.05) is 0 Å². The van der Waals surface area contributed by atoms with Crippen molar-refractivity contribution in [1.29, 1.82) is 0 Å². The Morgan fingerprint density at radius 3 is 2.52 bits per heavy atom. The molecule has 1 aromatic heterocycles. The predicted octanol–water partition coefficient (Wildman–Crippen LogP) is 2.94. The van der Waals surface area contributed by atoms with Crippen LogP contribution in [-0.2, 0) is 0 Å². The van der Waals surface area contributed by atoms with Gasteiger partial charge in [-0.1, -0.05) is 42.0 Å². The molecule has 0 atom stereocenters. The maximum atomic E-state index is 11.5. The second-order valence-corrected chi connectivity index (χ2v) is 4.71. The Bertz CT molecular complexity index is 778. The van der Waals surface area contributed by atoms with Gasteiger partial charge in [-0.2, -0.15) is 5.10 Å². The standard InChI is InChI=1S/C16H13N3O2/c1-11-5-7-12(8-6-11)13-3-2-4-14(16(20)21)15(13)19-10-17-9-18-19/h2-10H,1H3,(H,20,21). The van der Waals surface area contributed by atoms with Crippen LogP contribution >= 0.6 is 0 Å². The van der Waals surface area contributed by atoms with Crippen LogP contribution in [0.3, 0.4) is 0 Å². The lowest BCUT2D eigenvalue weighted by Crippen LogP contribution is -2.07. The van der Waals surface area contributed by atoms with Gasteiger partial charge in [0.15, 0.2) is 0 Å². The molecule has 21 heavy (non-hydrogen) atoms. The Balaban J connectivity index is 2.28. The SMILES string of the molecule is Cc1ccc(-c2cccc(C(=O)O)c2-n2cncn2)cc1. The first kappa shape index (κ1) is 13.1. The van der Waals surface area contributed by atoms with Gasteiger partial charge in [0.05, 0.1) is 11.3 Å². The summed E-state index contributed by atoms with van der Waals surface area (Å²) in [5, 5.41) is 13.5. The molecule has 5 nitrogen and oxygen atoms in total. The van der Waals surface area contributed by atoms with Crippen molar-refractivity contribution >= 4 is 5.97 Å². The summed E-state index contributed by atoms with van der Waals surface area (Å²) in [6.45, 7) is 2.01. The summed E-state index contributed by atoms with van der Waals surface area (Å²) >= 11 is 0. The van der Waals surface area contributed by atoms with Crippen LogP contribution in [0, 0.1) is 6.92 Å². The maximum absolute atomic E-state index is 11.5. The highest BCUT2D eigenvalue weighted by atomic mass is 16.4. The zero-order valence-electron chi connectivity index (χ0n) is 11.4. The van der Waals surface area contributed by atoms with E-state index in [4.69, 9.17) is 0 Å². The number of rotatable bonds is 3. The minimum Gasteiger partial charge on any atom is -0.478 e. The summed E-state index contributed by atoms with van der Waals surface area (Å²) in [5.74, 6) is -0.991. The van der Waals surface area contributed by atoms with Crippen LogP contribution in [0.25, 0.3) is 16.8 Å². The van der Waals surface area contributed by atoms with Crippen molar-refractivity contribution < 1.29 is 9.90 Å². The number of hydrogen-bond acceptors (Lipinski definition) is 3. The number of carboxylic acids is 1. The summed E-state index contributed by atoms with van der Waals surface area (Å²) < 4.78 is 1.48. The summed E-state index contributed by atoms with van der Waals surface area (Å²) in [6.07, 6.45) is 2.89.